The number of primary amides is 1. The molecule has 1 unspecified atom stereocenters. The number of anilines is 4. The first-order valence-corrected chi connectivity index (χ1v) is 20.9. The molecule has 9 rings (SSSR count). The maximum absolute atomic E-state index is 13.5. The molecule has 60 heavy (non-hydrogen) atoms. The van der Waals surface area contributed by atoms with Gasteiger partial charge < -0.3 is 31.1 Å². The largest absolute Gasteiger partial charge is 0.382 e. The van der Waals surface area contributed by atoms with Gasteiger partial charge in [0.2, 0.25) is 11.8 Å². The molecule has 5 fully saturated rings. The fraction of sp³-hybridized carbons (Fsp3) is 0.476. The molecule has 6 heterocycles. The van der Waals surface area contributed by atoms with E-state index >= 15 is 0 Å². The fourth-order valence-electron chi connectivity index (χ4n) is 9.67. The molecule has 0 spiro atoms. The third-order valence-electron chi connectivity index (χ3n) is 13.4. The first-order valence-electron chi connectivity index (χ1n) is 20.9. The van der Waals surface area contributed by atoms with Gasteiger partial charge in [-0.05, 0) is 56.4 Å². The number of hydrogen-bond acceptors (Lipinski definition) is 12. The average molecular weight is 820 g/mol. The Labute approximate surface area is 347 Å². The number of nitrogens with two attached hydrogens (primary N) is 1. The Morgan fingerprint density at radius 1 is 0.917 bits per heavy atom. The Morgan fingerprint density at radius 2 is 1.68 bits per heavy atom. The number of nitrogens with one attached hydrogen (secondary N) is 3. The van der Waals surface area contributed by atoms with Crippen molar-refractivity contribution in [3.8, 4) is 0 Å². The molecule has 4 saturated heterocycles. The lowest BCUT2D eigenvalue weighted by atomic mass is 9.84. The van der Waals surface area contributed by atoms with Crippen LogP contribution in [0.4, 0.5) is 33.5 Å². The van der Waals surface area contributed by atoms with E-state index in [4.69, 9.17) is 10.7 Å². The third kappa shape index (κ3) is 7.16. The number of imide groups is 2. The van der Waals surface area contributed by atoms with Crippen LogP contribution in [0.25, 0.3) is 0 Å². The first kappa shape index (κ1) is 39.3. The summed E-state index contributed by atoms with van der Waals surface area (Å²) in [6.45, 7) is 6.54. The molecule has 0 radical (unpaired) electrons. The van der Waals surface area contributed by atoms with Crippen molar-refractivity contribution in [1.82, 2.24) is 39.4 Å². The highest BCUT2D eigenvalue weighted by Crippen LogP contribution is 2.37. The maximum Gasteiger partial charge on any atom is 0.320 e. The number of nitrogens with zero attached hydrogens (tertiary/aromatic N) is 8. The molecule has 6 aliphatic rings. The van der Waals surface area contributed by atoms with E-state index in [-0.39, 0.29) is 47.8 Å². The summed E-state index contributed by atoms with van der Waals surface area (Å²) in [5.74, 6) is -1.79. The number of piperidine rings is 2. The Hall–Kier alpha value is -6.14. The smallest absolute Gasteiger partial charge is 0.320 e. The number of rotatable bonds is 10. The fourth-order valence-corrected chi connectivity index (χ4v) is 9.67. The van der Waals surface area contributed by atoms with E-state index in [0.29, 0.717) is 36.5 Å². The normalized spacial score (nSPS) is 25.6. The van der Waals surface area contributed by atoms with Gasteiger partial charge >= 0.3 is 6.03 Å². The second-order valence-corrected chi connectivity index (χ2v) is 17.1. The minimum absolute atomic E-state index is 0.0542. The van der Waals surface area contributed by atoms with Gasteiger partial charge in [0.1, 0.15) is 17.5 Å². The van der Waals surface area contributed by atoms with Crippen molar-refractivity contribution >= 4 is 64.3 Å². The zero-order valence-corrected chi connectivity index (χ0v) is 33.9. The lowest BCUT2D eigenvalue weighted by Gasteiger charge is -2.49. The van der Waals surface area contributed by atoms with E-state index in [1.165, 1.54) is 5.69 Å². The predicted molar refractivity (Wildman–Crippen MR) is 223 cm³/mol. The number of carbonyl (C=O) groups is 6. The van der Waals surface area contributed by atoms with Gasteiger partial charge in [-0.2, -0.15) is 0 Å². The highest BCUT2D eigenvalue weighted by Gasteiger charge is 2.47. The van der Waals surface area contributed by atoms with Gasteiger partial charge in [0.25, 0.3) is 17.7 Å². The molecule has 18 nitrogen and oxygen atoms in total. The topological polar surface area (TPSA) is 207 Å². The first-order chi connectivity index (χ1) is 28.9. The molecule has 3 aromatic rings. The molecule has 1 aromatic heterocycles. The summed E-state index contributed by atoms with van der Waals surface area (Å²) in [5.41, 5.74) is 8.87. The number of amides is 7. The molecule has 0 bridgehead atoms. The van der Waals surface area contributed by atoms with E-state index in [1.807, 2.05) is 24.1 Å². The molecular formula is C42H51N12O6+. The minimum atomic E-state index is -1.000. The zero-order valence-electron chi connectivity index (χ0n) is 33.9. The van der Waals surface area contributed by atoms with Crippen molar-refractivity contribution < 1.29 is 28.8 Å². The van der Waals surface area contributed by atoms with Crippen molar-refractivity contribution in [2.45, 2.75) is 62.7 Å². The number of carbonyl (C=O) groups excluding carboxylic acids is 6. The summed E-state index contributed by atoms with van der Waals surface area (Å²) in [4.78, 5) is 94.7. The van der Waals surface area contributed by atoms with Gasteiger partial charge in [0.05, 0.1) is 43.5 Å². The third-order valence-corrected chi connectivity index (χ3v) is 13.4. The summed E-state index contributed by atoms with van der Waals surface area (Å²) in [7, 11) is 4.07. The number of hydrogen-bond donors (Lipinski definition) is 4. The molecule has 1 saturated carbocycles. The van der Waals surface area contributed by atoms with E-state index in [0.717, 1.165) is 80.0 Å². The van der Waals surface area contributed by atoms with Crippen LogP contribution in [0.2, 0.25) is 0 Å². The molecule has 18 heteroatoms. The standard InChI is InChI=1S/C42H50N12O6/c1-49-15-16-52(42(49)60)27-5-4-14-51(24-27)33-23-44-36(37(43)56)38(47-33)46-25-8-10-29(11-9-25)54(2)19-17-50(18-20-54)28-21-26(22-28)45-31-7-3-6-30-35(31)41(59)53(40(30)58)32-12-13-34(55)48-39(32)57/h3,6-11,23,26-28,32H,4-5,12-22,24H2,1-2H3,(H4-,43,45,46,47,48,55,56,57,59)/p+1/t26?,27-,28?,32?/m0/s1. The Kier molecular flexibility index (Phi) is 10.1. The van der Waals surface area contributed by atoms with Crippen LogP contribution in [-0.2, 0) is 9.59 Å². The van der Waals surface area contributed by atoms with E-state index in [9.17, 15) is 28.8 Å². The van der Waals surface area contributed by atoms with Crippen LogP contribution >= 0.6 is 0 Å². The summed E-state index contributed by atoms with van der Waals surface area (Å²) in [6.07, 6.45) is 5.42. The number of aromatic nitrogens is 2. The number of urea groups is 1. The number of benzene rings is 2. The van der Waals surface area contributed by atoms with Gasteiger partial charge in [0.15, 0.2) is 11.5 Å². The number of fused-ring (bicyclic) bond motifs is 1. The molecule has 2 atom stereocenters. The Bertz CT molecular complexity index is 2260. The van der Waals surface area contributed by atoms with E-state index < -0.39 is 35.6 Å². The summed E-state index contributed by atoms with van der Waals surface area (Å²) < 4.78 is 0.772. The number of likely N-dealkylation sites (N-methyl/N-ethyl adjacent to an activating group) is 2. The highest BCUT2D eigenvalue weighted by molar-refractivity contribution is 6.25. The molecule has 2 aromatic carbocycles. The van der Waals surface area contributed by atoms with Crippen LogP contribution < -0.4 is 31.1 Å². The second kappa shape index (κ2) is 15.5. The van der Waals surface area contributed by atoms with Crippen molar-refractivity contribution in [3.63, 3.8) is 0 Å². The van der Waals surface area contributed by atoms with E-state index in [2.05, 4.69) is 49.9 Å². The zero-order chi connectivity index (χ0) is 41.9. The van der Waals surface area contributed by atoms with Crippen LogP contribution in [0.5, 0.6) is 0 Å². The second-order valence-electron chi connectivity index (χ2n) is 17.1. The van der Waals surface area contributed by atoms with Crippen LogP contribution in [0.1, 0.15) is 69.7 Å². The Balaban J connectivity index is 0.791. The summed E-state index contributed by atoms with van der Waals surface area (Å²) >= 11 is 0. The van der Waals surface area contributed by atoms with Gasteiger partial charge in [-0.25, -0.2) is 14.8 Å². The highest BCUT2D eigenvalue weighted by atomic mass is 16.2. The quantitative estimate of drug-likeness (QED) is 0.171. The number of piperazine rings is 1. The van der Waals surface area contributed by atoms with Crippen LogP contribution in [0.3, 0.4) is 0 Å². The lowest BCUT2D eigenvalue weighted by Crippen LogP contribution is -2.62. The van der Waals surface area contributed by atoms with Crippen molar-refractivity contribution in [2.75, 3.05) is 82.0 Å². The molecule has 5 aliphatic heterocycles. The molecule has 314 valence electrons. The van der Waals surface area contributed by atoms with Gasteiger partial charge in [0, 0.05) is 88.3 Å². The summed E-state index contributed by atoms with van der Waals surface area (Å²) in [6, 6.07) is 13.0. The molecule has 7 amide bonds. The van der Waals surface area contributed by atoms with Gasteiger partial charge in [-0.15, -0.1) is 0 Å². The van der Waals surface area contributed by atoms with Gasteiger partial charge in [-0.1, -0.05) is 6.07 Å². The molecule has 5 N–H and O–H groups in total. The minimum Gasteiger partial charge on any atom is -0.382 e. The Morgan fingerprint density at radius 3 is 2.38 bits per heavy atom. The van der Waals surface area contributed by atoms with Crippen LogP contribution in [0, 0.1) is 0 Å². The molecular weight excluding hydrogens is 769 g/mol. The van der Waals surface area contributed by atoms with Crippen molar-refractivity contribution in [1.29, 1.82) is 0 Å². The SMILES string of the molecule is CN1CCN([C@H]2CCCN(c3cnc(C(N)=O)c(Nc4ccc([N+]5(C)CCN(C6CC(Nc7cccc8c7C(=O)N(C7CCC(=O)NC7=O)C8=O)C6)CC5)cc4)n3)C2)C1=O. The summed E-state index contributed by atoms with van der Waals surface area (Å²) in [5, 5.41) is 9.05. The van der Waals surface area contributed by atoms with Crippen molar-refractivity contribution in [2.24, 2.45) is 5.73 Å². The lowest BCUT2D eigenvalue weighted by molar-refractivity contribution is -0.136. The van der Waals surface area contributed by atoms with Crippen LogP contribution in [-0.4, -0.2) is 156 Å². The van der Waals surface area contributed by atoms with Crippen LogP contribution in [0.15, 0.2) is 48.7 Å². The predicted octanol–water partition coefficient (Wildman–Crippen LogP) is 1.95. The number of quaternary nitrogens is 1. The van der Waals surface area contributed by atoms with E-state index in [1.54, 1.807) is 29.3 Å². The van der Waals surface area contributed by atoms with Gasteiger partial charge in [-0.3, -0.25) is 43.6 Å². The maximum atomic E-state index is 13.5. The monoisotopic (exact) mass is 819 g/mol. The molecule has 1 aliphatic carbocycles. The average Bonchev–Trinajstić information content (AvgIpc) is 3.70. The van der Waals surface area contributed by atoms with Crippen molar-refractivity contribution in [3.05, 3.63) is 65.5 Å².